The van der Waals surface area contributed by atoms with E-state index in [0.29, 0.717) is 48.8 Å². The molecule has 2 aromatic heterocycles. The number of nitrogens with one attached hydrogen (secondary N) is 1. The van der Waals surface area contributed by atoms with Gasteiger partial charge >= 0.3 is 0 Å². The predicted octanol–water partition coefficient (Wildman–Crippen LogP) is 0.862. The summed E-state index contributed by atoms with van der Waals surface area (Å²) in [4.78, 5) is 37.0. The smallest absolute Gasteiger partial charge is 0.256 e. The molecule has 2 aromatic rings. The van der Waals surface area contributed by atoms with Crippen LogP contribution in [-0.2, 0) is 24.3 Å². The third kappa shape index (κ3) is 4.64. The van der Waals surface area contributed by atoms with Crippen LogP contribution in [0.2, 0.25) is 0 Å². The first-order valence-corrected chi connectivity index (χ1v) is 9.15. The molecule has 1 N–H and O–H groups in total. The summed E-state index contributed by atoms with van der Waals surface area (Å²) >= 11 is 0. The highest BCUT2D eigenvalue weighted by Crippen LogP contribution is 2.27. The lowest BCUT2D eigenvalue weighted by Crippen LogP contribution is -2.33. The van der Waals surface area contributed by atoms with Crippen LogP contribution >= 0.6 is 0 Å². The van der Waals surface area contributed by atoms with Crippen molar-refractivity contribution >= 4 is 11.8 Å². The Morgan fingerprint density at radius 1 is 1.36 bits per heavy atom. The minimum atomic E-state index is -0.101. The predicted molar refractivity (Wildman–Crippen MR) is 104 cm³/mol. The zero-order valence-electron chi connectivity index (χ0n) is 16.4. The molecule has 1 aliphatic rings. The van der Waals surface area contributed by atoms with Crippen molar-refractivity contribution < 1.29 is 14.3 Å². The van der Waals surface area contributed by atoms with Crippen LogP contribution in [0.15, 0.2) is 30.5 Å². The molecule has 0 radical (unpaired) electrons. The maximum Gasteiger partial charge on any atom is 0.256 e. The number of nitrogens with zero attached hydrogens (tertiary/aromatic N) is 4. The van der Waals surface area contributed by atoms with E-state index in [9.17, 15) is 9.59 Å². The lowest BCUT2D eigenvalue weighted by molar-refractivity contribution is -0.121. The van der Waals surface area contributed by atoms with Gasteiger partial charge in [-0.1, -0.05) is 6.07 Å². The van der Waals surface area contributed by atoms with E-state index in [1.807, 2.05) is 32.3 Å². The number of amides is 2. The Labute approximate surface area is 164 Å². The van der Waals surface area contributed by atoms with E-state index in [-0.39, 0.29) is 18.4 Å². The molecule has 148 valence electrons. The van der Waals surface area contributed by atoms with Gasteiger partial charge < -0.3 is 19.9 Å². The van der Waals surface area contributed by atoms with E-state index in [4.69, 9.17) is 4.74 Å². The Kier molecular flexibility index (Phi) is 6.20. The van der Waals surface area contributed by atoms with Crippen molar-refractivity contribution in [3.63, 3.8) is 0 Å². The molecule has 8 nitrogen and oxygen atoms in total. The molecule has 8 heteroatoms. The van der Waals surface area contributed by atoms with Crippen molar-refractivity contribution in [2.45, 2.75) is 19.5 Å². The van der Waals surface area contributed by atoms with Gasteiger partial charge in [0.25, 0.3) is 5.91 Å². The third-order valence-electron chi connectivity index (χ3n) is 4.49. The topological polar surface area (TPSA) is 87.7 Å². The number of hydrogen-bond donors (Lipinski definition) is 1. The van der Waals surface area contributed by atoms with Crippen molar-refractivity contribution in [2.75, 3.05) is 34.3 Å². The van der Waals surface area contributed by atoms with Crippen molar-refractivity contribution in [3.05, 3.63) is 53.0 Å². The standard InChI is InChI=1S/C20H25N5O3/c1-24(2)13-18(26)22-11-14-10-16-17(23-19(14)28-3)12-25(20(16)27)9-7-15-6-4-5-8-21-15/h4-6,8,10H,7,9,11-13H2,1-3H3,(H,22,26). The van der Waals surface area contributed by atoms with Crippen LogP contribution in [0.25, 0.3) is 0 Å². The van der Waals surface area contributed by atoms with Crippen LogP contribution in [0.4, 0.5) is 0 Å². The minimum Gasteiger partial charge on any atom is -0.481 e. The van der Waals surface area contributed by atoms with Gasteiger partial charge in [0, 0.05) is 37.0 Å². The molecule has 0 aliphatic carbocycles. The number of methoxy groups -OCH3 is 1. The third-order valence-corrected chi connectivity index (χ3v) is 4.49. The van der Waals surface area contributed by atoms with Gasteiger partial charge in [-0.05, 0) is 32.3 Å². The van der Waals surface area contributed by atoms with Crippen LogP contribution in [0.3, 0.4) is 0 Å². The van der Waals surface area contributed by atoms with Crippen LogP contribution in [-0.4, -0.2) is 65.9 Å². The highest BCUT2D eigenvalue weighted by molar-refractivity contribution is 5.98. The van der Waals surface area contributed by atoms with Gasteiger partial charge in [0.1, 0.15) is 0 Å². The number of carbonyl (C=O) groups is 2. The van der Waals surface area contributed by atoms with E-state index in [1.54, 1.807) is 22.1 Å². The summed E-state index contributed by atoms with van der Waals surface area (Å²) in [5, 5.41) is 2.84. The van der Waals surface area contributed by atoms with E-state index >= 15 is 0 Å². The molecule has 0 bridgehead atoms. The van der Waals surface area contributed by atoms with Crippen LogP contribution in [0.1, 0.15) is 27.3 Å². The van der Waals surface area contributed by atoms with Crippen molar-refractivity contribution in [1.29, 1.82) is 0 Å². The molecular weight excluding hydrogens is 358 g/mol. The molecule has 3 rings (SSSR count). The molecule has 0 spiro atoms. The molecule has 3 heterocycles. The van der Waals surface area contributed by atoms with Crippen molar-refractivity contribution in [1.82, 2.24) is 25.1 Å². The second-order valence-corrected chi connectivity index (χ2v) is 6.96. The average molecular weight is 383 g/mol. The van der Waals surface area contributed by atoms with Crippen LogP contribution < -0.4 is 10.1 Å². The van der Waals surface area contributed by atoms with Crippen molar-refractivity contribution in [3.8, 4) is 5.88 Å². The van der Waals surface area contributed by atoms with Crippen LogP contribution in [0, 0.1) is 0 Å². The SMILES string of the molecule is COc1nc2c(cc1CNC(=O)CN(C)C)C(=O)N(CCc1ccccn1)C2. The number of carbonyl (C=O) groups excluding carboxylic acids is 2. The fraction of sp³-hybridized carbons (Fsp3) is 0.400. The molecule has 2 amide bonds. The van der Waals surface area contributed by atoms with Crippen LogP contribution in [0.5, 0.6) is 5.88 Å². The summed E-state index contributed by atoms with van der Waals surface area (Å²) in [6.45, 7) is 1.58. The molecule has 0 aromatic carbocycles. The van der Waals surface area contributed by atoms with Gasteiger partial charge in [-0.2, -0.15) is 0 Å². The van der Waals surface area contributed by atoms with E-state index < -0.39 is 0 Å². The summed E-state index contributed by atoms with van der Waals surface area (Å²) in [7, 11) is 5.19. The number of rotatable bonds is 8. The Bertz CT molecular complexity index is 854. The molecule has 28 heavy (non-hydrogen) atoms. The number of ether oxygens (including phenoxy) is 1. The quantitative estimate of drug-likeness (QED) is 0.728. The fourth-order valence-electron chi connectivity index (χ4n) is 3.12. The number of pyridine rings is 2. The molecule has 0 atom stereocenters. The summed E-state index contributed by atoms with van der Waals surface area (Å²) in [5.41, 5.74) is 2.90. The summed E-state index contributed by atoms with van der Waals surface area (Å²) in [6.07, 6.45) is 2.43. The maximum atomic E-state index is 12.8. The van der Waals surface area contributed by atoms with Gasteiger partial charge in [0.05, 0.1) is 31.5 Å². The highest BCUT2D eigenvalue weighted by Gasteiger charge is 2.30. The summed E-state index contributed by atoms with van der Waals surface area (Å²) in [6, 6.07) is 7.53. The second-order valence-electron chi connectivity index (χ2n) is 6.96. The molecule has 0 unspecified atom stereocenters. The first kappa shape index (κ1) is 19.8. The maximum absolute atomic E-state index is 12.8. The minimum absolute atomic E-state index is 0.0537. The van der Waals surface area contributed by atoms with E-state index in [0.717, 1.165) is 5.69 Å². The van der Waals surface area contributed by atoms with Gasteiger partial charge in [-0.15, -0.1) is 0 Å². The second kappa shape index (κ2) is 8.79. The monoisotopic (exact) mass is 383 g/mol. The van der Waals surface area contributed by atoms with Gasteiger partial charge in [0.15, 0.2) is 0 Å². The average Bonchev–Trinajstić information content (AvgIpc) is 2.99. The Balaban J connectivity index is 1.69. The van der Waals surface area contributed by atoms with E-state index in [2.05, 4.69) is 15.3 Å². The normalized spacial score (nSPS) is 13.0. The Morgan fingerprint density at radius 3 is 2.86 bits per heavy atom. The molecular formula is C20H25N5O3. The van der Waals surface area contributed by atoms with Gasteiger partial charge in [-0.25, -0.2) is 4.98 Å². The van der Waals surface area contributed by atoms with Gasteiger partial charge in [0.2, 0.25) is 11.8 Å². The van der Waals surface area contributed by atoms with Crippen molar-refractivity contribution in [2.24, 2.45) is 0 Å². The molecule has 0 saturated heterocycles. The number of aromatic nitrogens is 2. The highest BCUT2D eigenvalue weighted by atomic mass is 16.5. The zero-order chi connectivity index (χ0) is 20.1. The Hall–Kier alpha value is -3.00. The summed E-state index contributed by atoms with van der Waals surface area (Å²) in [5.74, 6) is 0.279. The van der Waals surface area contributed by atoms with E-state index in [1.165, 1.54) is 7.11 Å². The lowest BCUT2D eigenvalue weighted by atomic mass is 10.1. The molecule has 1 aliphatic heterocycles. The number of hydrogen-bond acceptors (Lipinski definition) is 6. The molecule has 0 saturated carbocycles. The number of likely N-dealkylation sites (N-methyl/N-ethyl adjacent to an activating group) is 1. The summed E-state index contributed by atoms with van der Waals surface area (Å²) < 4.78 is 5.37. The molecule has 0 fully saturated rings. The first-order valence-electron chi connectivity index (χ1n) is 9.15. The first-order chi connectivity index (χ1) is 13.5. The number of fused-ring (bicyclic) bond motifs is 1. The fourth-order valence-corrected chi connectivity index (χ4v) is 3.12. The zero-order valence-corrected chi connectivity index (χ0v) is 16.4. The van der Waals surface area contributed by atoms with Gasteiger partial charge in [-0.3, -0.25) is 14.6 Å². The lowest BCUT2D eigenvalue weighted by Gasteiger charge is -2.14. The Morgan fingerprint density at radius 2 is 2.18 bits per heavy atom. The largest absolute Gasteiger partial charge is 0.481 e.